The minimum absolute atomic E-state index is 0.377. The van der Waals surface area contributed by atoms with Crippen molar-refractivity contribution in [3.8, 4) is 0 Å². The van der Waals surface area contributed by atoms with Gasteiger partial charge in [0.05, 0.1) is 0 Å². The average Bonchev–Trinajstić information content (AvgIpc) is 3.23. The van der Waals surface area contributed by atoms with Crippen LogP contribution < -0.4 is 5.32 Å². The van der Waals surface area contributed by atoms with E-state index in [1.165, 1.54) is 43.6 Å². The Labute approximate surface area is 127 Å². The molecule has 20 heavy (non-hydrogen) atoms. The van der Waals surface area contributed by atoms with Crippen LogP contribution >= 0.6 is 11.3 Å². The van der Waals surface area contributed by atoms with Crippen LogP contribution in [0.4, 0.5) is 0 Å². The summed E-state index contributed by atoms with van der Waals surface area (Å²) < 4.78 is 0. The molecular weight excluding hydrogens is 264 g/mol. The predicted octanol–water partition coefficient (Wildman–Crippen LogP) is 3.66. The Kier molecular flexibility index (Phi) is 4.21. The van der Waals surface area contributed by atoms with E-state index in [2.05, 4.69) is 43.1 Å². The summed E-state index contributed by atoms with van der Waals surface area (Å²) in [4.78, 5) is 5.85. The number of piperazine rings is 1. The second kappa shape index (κ2) is 5.78. The van der Waals surface area contributed by atoms with Crippen molar-refractivity contribution in [2.24, 2.45) is 5.92 Å². The van der Waals surface area contributed by atoms with Crippen LogP contribution in [-0.2, 0) is 13.0 Å². The first-order valence-electron chi connectivity index (χ1n) is 8.21. The van der Waals surface area contributed by atoms with Gasteiger partial charge in [0.1, 0.15) is 0 Å². The van der Waals surface area contributed by atoms with Crippen molar-refractivity contribution in [3.63, 3.8) is 0 Å². The lowest BCUT2D eigenvalue weighted by Gasteiger charge is -2.48. The van der Waals surface area contributed by atoms with Gasteiger partial charge in [0, 0.05) is 41.0 Å². The maximum Gasteiger partial charge on any atom is 0.0338 e. The Morgan fingerprint density at radius 1 is 1.30 bits per heavy atom. The average molecular weight is 292 g/mol. The van der Waals surface area contributed by atoms with Crippen LogP contribution in [0.15, 0.2) is 12.1 Å². The largest absolute Gasteiger partial charge is 0.311 e. The van der Waals surface area contributed by atoms with Crippen molar-refractivity contribution in [1.29, 1.82) is 0 Å². The van der Waals surface area contributed by atoms with Gasteiger partial charge in [-0.3, -0.25) is 4.90 Å². The summed E-state index contributed by atoms with van der Waals surface area (Å²) in [6.07, 6.45) is 5.26. The Balaban J connectivity index is 1.75. The summed E-state index contributed by atoms with van der Waals surface area (Å²) in [5.74, 6) is 0.915. The van der Waals surface area contributed by atoms with Crippen molar-refractivity contribution >= 4 is 11.3 Å². The Morgan fingerprint density at radius 3 is 2.65 bits per heavy atom. The molecule has 2 aliphatic rings. The zero-order valence-corrected chi connectivity index (χ0v) is 13.9. The van der Waals surface area contributed by atoms with Gasteiger partial charge in [0.15, 0.2) is 0 Å². The highest BCUT2D eigenvalue weighted by Crippen LogP contribution is 2.44. The fourth-order valence-electron chi connectivity index (χ4n) is 3.51. The van der Waals surface area contributed by atoms with Crippen LogP contribution in [0.2, 0.25) is 0 Å². The highest BCUT2D eigenvalue weighted by atomic mass is 32.1. The van der Waals surface area contributed by atoms with Crippen LogP contribution in [0.1, 0.15) is 49.8 Å². The minimum atomic E-state index is 0.377. The molecule has 1 saturated carbocycles. The van der Waals surface area contributed by atoms with Gasteiger partial charge in [-0.15, -0.1) is 11.3 Å². The zero-order valence-electron chi connectivity index (χ0n) is 13.1. The van der Waals surface area contributed by atoms with Crippen LogP contribution in [0.3, 0.4) is 0 Å². The number of nitrogens with one attached hydrogen (secondary N) is 1. The van der Waals surface area contributed by atoms with E-state index in [0.717, 1.165) is 12.5 Å². The molecule has 3 heteroatoms. The van der Waals surface area contributed by atoms with Gasteiger partial charge in [0.2, 0.25) is 0 Å². The quantitative estimate of drug-likeness (QED) is 0.891. The van der Waals surface area contributed by atoms with E-state index in [0.29, 0.717) is 11.6 Å². The van der Waals surface area contributed by atoms with Crippen molar-refractivity contribution < 1.29 is 0 Å². The summed E-state index contributed by atoms with van der Waals surface area (Å²) in [6.45, 7) is 10.6. The lowest BCUT2D eigenvalue weighted by molar-refractivity contribution is 0.0279. The maximum atomic E-state index is 3.77. The van der Waals surface area contributed by atoms with E-state index in [1.54, 1.807) is 4.88 Å². The van der Waals surface area contributed by atoms with Crippen molar-refractivity contribution in [2.75, 3.05) is 13.1 Å². The first kappa shape index (κ1) is 14.6. The first-order valence-corrected chi connectivity index (χ1v) is 9.03. The molecule has 1 aliphatic carbocycles. The van der Waals surface area contributed by atoms with Crippen molar-refractivity contribution in [2.45, 2.75) is 64.6 Å². The van der Waals surface area contributed by atoms with Gasteiger partial charge < -0.3 is 5.32 Å². The zero-order chi connectivity index (χ0) is 14.2. The number of rotatable bonds is 5. The summed E-state index contributed by atoms with van der Waals surface area (Å²) in [5, 5.41) is 3.77. The second-order valence-corrected chi connectivity index (χ2v) is 7.97. The van der Waals surface area contributed by atoms with E-state index < -0.39 is 0 Å². The fourth-order valence-corrected chi connectivity index (χ4v) is 4.49. The molecule has 0 spiro atoms. The van der Waals surface area contributed by atoms with Crippen LogP contribution in [-0.4, -0.2) is 29.6 Å². The molecule has 0 aromatic carbocycles. The molecule has 2 atom stereocenters. The molecule has 2 nitrogen and oxygen atoms in total. The molecule has 0 radical (unpaired) electrons. The van der Waals surface area contributed by atoms with Crippen LogP contribution in [0.5, 0.6) is 0 Å². The normalized spacial score (nSPS) is 31.6. The smallest absolute Gasteiger partial charge is 0.0338 e. The van der Waals surface area contributed by atoms with Crippen molar-refractivity contribution in [1.82, 2.24) is 10.2 Å². The number of aryl methyl sites for hydroxylation is 1. The Morgan fingerprint density at radius 2 is 2.05 bits per heavy atom. The molecule has 1 aliphatic heterocycles. The summed E-state index contributed by atoms with van der Waals surface area (Å²) >= 11 is 2.01. The Hall–Kier alpha value is -0.380. The standard InChI is InChI=1S/C17H28N2S/c1-4-14-10-19(11-16-9-8-15(5-2)20-16)17(3,12-18-14)13-6-7-13/h8-9,13-14,18H,4-7,10-12H2,1-3H3. The van der Waals surface area contributed by atoms with Gasteiger partial charge in [0.25, 0.3) is 0 Å². The SMILES string of the molecule is CCc1ccc(CN2CC(CC)NCC2(C)C2CC2)s1. The van der Waals surface area contributed by atoms with Crippen molar-refractivity contribution in [3.05, 3.63) is 21.9 Å². The van der Waals surface area contributed by atoms with Gasteiger partial charge >= 0.3 is 0 Å². The van der Waals surface area contributed by atoms with Gasteiger partial charge in [-0.25, -0.2) is 0 Å². The third-order valence-electron chi connectivity index (χ3n) is 5.27. The summed E-state index contributed by atoms with van der Waals surface area (Å²) in [6, 6.07) is 5.33. The third-order valence-corrected chi connectivity index (χ3v) is 6.49. The van der Waals surface area contributed by atoms with E-state index in [4.69, 9.17) is 0 Å². The predicted molar refractivity (Wildman–Crippen MR) is 87.3 cm³/mol. The molecule has 1 aromatic heterocycles. The molecule has 2 heterocycles. The summed E-state index contributed by atoms with van der Waals surface area (Å²) in [7, 11) is 0. The van der Waals surface area contributed by atoms with Gasteiger partial charge in [-0.2, -0.15) is 0 Å². The summed E-state index contributed by atoms with van der Waals surface area (Å²) in [5.41, 5.74) is 0.377. The Bertz CT molecular complexity index is 452. The van der Waals surface area contributed by atoms with Gasteiger partial charge in [-0.1, -0.05) is 13.8 Å². The monoisotopic (exact) mass is 292 g/mol. The van der Waals surface area contributed by atoms with E-state index in [9.17, 15) is 0 Å². The molecular formula is C17H28N2S. The van der Waals surface area contributed by atoms with E-state index in [1.807, 2.05) is 11.3 Å². The molecule has 2 unspecified atom stereocenters. The topological polar surface area (TPSA) is 15.3 Å². The number of nitrogens with zero attached hydrogens (tertiary/aromatic N) is 1. The second-order valence-electron chi connectivity index (χ2n) is 6.72. The van der Waals surface area contributed by atoms with Crippen LogP contribution in [0.25, 0.3) is 0 Å². The number of hydrogen-bond donors (Lipinski definition) is 1. The van der Waals surface area contributed by atoms with Crippen LogP contribution in [0, 0.1) is 5.92 Å². The molecule has 3 rings (SSSR count). The number of thiophene rings is 1. The minimum Gasteiger partial charge on any atom is -0.311 e. The number of hydrogen-bond acceptors (Lipinski definition) is 3. The molecule has 1 N–H and O–H groups in total. The molecule has 1 saturated heterocycles. The molecule has 2 fully saturated rings. The van der Waals surface area contributed by atoms with E-state index >= 15 is 0 Å². The lowest BCUT2D eigenvalue weighted by Crippen LogP contribution is -2.63. The molecule has 0 amide bonds. The van der Waals surface area contributed by atoms with Gasteiger partial charge in [-0.05, 0) is 50.7 Å². The lowest BCUT2D eigenvalue weighted by atomic mass is 9.89. The first-order chi connectivity index (χ1) is 9.65. The maximum absolute atomic E-state index is 3.77. The highest BCUT2D eigenvalue weighted by molar-refractivity contribution is 7.11. The molecule has 0 bridgehead atoms. The fraction of sp³-hybridized carbons (Fsp3) is 0.765. The highest BCUT2D eigenvalue weighted by Gasteiger charge is 2.47. The van der Waals surface area contributed by atoms with E-state index in [-0.39, 0.29) is 0 Å². The molecule has 1 aromatic rings. The molecule has 112 valence electrons. The third kappa shape index (κ3) is 2.81.